The predicted molar refractivity (Wildman–Crippen MR) is 68.4 cm³/mol. The first-order valence-corrected chi connectivity index (χ1v) is 5.85. The molecule has 2 unspecified atom stereocenters. The first-order valence-electron chi connectivity index (χ1n) is 5.85. The quantitative estimate of drug-likeness (QED) is 0.832. The van der Waals surface area contributed by atoms with Crippen molar-refractivity contribution < 1.29 is 0 Å². The first kappa shape index (κ1) is 12.6. The molecule has 0 aliphatic carbocycles. The van der Waals surface area contributed by atoms with Crippen LogP contribution in [0.25, 0.3) is 0 Å². The van der Waals surface area contributed by atoms with Crippen molar-refractivity contribution >= 4 is 5.69 Å². The number of nitrogens with zero attached hydrogens (tertiary/aromatic N) is 1. The summed E-state index contributed by atoms with van der Waals surface area (Å²) < 4.78 is 0. The van der Waals surface area contributed by atoms with Crippen molar-refractivity contribution in [1.29, 1.82) is 5.26 Å². The van der Waals surface area contributed by atoms with E-state index in [1.54, 1.807) is 0 Å². The van der Waals surface area contributed by atoms with E-state index in [0.29, 0.717) is 12.0 Å². The molecule has 0 heterocycles. The van der Waals surface area contributed by atoms with Crippen molar-refractivity contribution in [2.24, 2.45) is 5.92 Å². The van der Waals surface area contributed by atoms with Gasteiger partial charge in [0.2, 0.25) is 0 Å². The van der Waals surface area contributed by atoms with Crippen molar-refractivity contribution in [3.63, 3.8) is 0 Å². The minimum absolute atomic E-state index is 0.389. The minimum atomic E-state index is 0.389. The van der Waals surface area contributed by atoms with Crippen LogP contribution in [0.4, 0.5) is 5.69 Å². The molecule has 0 amide bonds. The molecule has 1 N–H and O–H groups in total. The normalized spacial score (nSPS) is 13.9. The predicted octanol–water partition coefficient (Wildman–Crippen LogP) is 3.71. The van der Waals surface area contributed by atoms with Crippen LogP contribution in [-0.2, 0) is 0 Å². The zero-order valence-electron chi connectivity index (χ0n) is 10.5. The van der Waals surface area contributed by atoms with E-state index < -0.39 is 0 Å². The summed E-state index contributed by atoms with van der Waals surface area (Å²) in [7, 11) is 0. The van der Waals surface area contributed by atoms with E-state index in [9.17, 15) is 0 Å². The molecule has 86 valence electrons. The number of anilines is 1. The lowest BCUT2D eigenvalue weighted by Gasteiger charge is -2.21. The lowest BCUT2D eigenvalue weighted by atomic mass is 10.00. The van der Waals surface area contributed by atoms with Crippen molar-refractivity contribution in [2.75, 3.05) is 5.32 Å². The lowest BCUT2D eigenvalue weighted by Crippen LogP contribution is -2.23. The number of hydrogen-bond acceptors (Lipinski definition) is 2. The summed E-state index contributed by atoms with van der Waals surface area (Å²) in [5.41, 5.74) is 2.80. The summed E-state index contributed by atoms with van der Waals surface area (Å²) >= 11 is 0. The van der Waals surface area contributed by atoms with Gasteiger partial charge in [0, 0.05) is 6.04 Å². The van der Waals surface area contributed by atoms with Crippen molar-refractivity contribution in [2.45, 2.75) is 40.2 Å². The highest BCUT2D eigenvalue weighted by Crippen LogP contribution is 2.20. The molecule has 2 nitrogen and oxygen atoms in total. The summed E-state index contributed by atoms with van der Waals surface area (Å²) in [6.45, 7) is 8.57. The van der Waals surface area contributed by atoms with E-state index in [1.165, 1.54) is 0 Å². The number of aryl methyl sites for hydroxylation is 1. The molecule has 16 heavy (non-hydrogen) atoms. The highest BCUT2D eigenvalue weighted by molar-refractivity contribution is 5.58. The molecule has 0 aromatic heterocycles. The molecule has 0 bridgehead atoms. The molecule has 0 radical (unpaired) electrons. The van der Waals surface area contributed by atoms with Crippen LogP contribution in [0.5, 0.6) is 0 Å². The maximum atomic E-state index is 9.06. The molecule has 2 atom stereocenters. The van der Waals surface area contributed by atoms with Gasteiger partial charge in [0.05, 0.1) is 11.3 Å². The maximum Gasteiger partial charge on any atom is 0.101 e. The van der Waals surface area contributed by atoms with E-state index in [2.05, 4.69) is 32.2 Å². The van der Waals surface area contributed by atoms with Gasteiger partial charge < -0.3 is 5.32 Å². The third kappa shape index (κ3) is 3.00. The Morgan fingerprint density at radius 2 is 2.06 bits per heavy atom. The van der Waals surface area contributed by atoms with Gasteiger partial charge in [-0.25, -0.2) is 0 Å². The van der Waals surface area contributed by atoms with E-state index in [-0.39, 0.29) is 0 Å². The largest absolute Gasteiger partial charge is 0.381 e. The summed E-state index contributed by atoms with van der Waals surface area (Å²) in [6.07, 6.45) is 1.14. The third-order valence-electron chi connectivity index (χ3n) is 3.18. The van der Waals surface area contributed by atoms with Gasteiger partial charge in [-0.2, -0.15) is 5.26 Å². The summed E-state index contributed by atoms with van der Waals surface area (Å²) in [5, 5.41) is 12.5. The lowest BCUT2D eigenvalue weighted by molar-refractivity contribution is 0.494. The Bertz CT molecular complexity index is 390. The second-order valence-electron chi connectivity index (χ2n) is 4.48. The second-order valence-corrected chi connectivity index (χ2v) is 4.48. The Morgan fingerprint density at radius 1 is 1.38 bits per heavy atom. The van der Waals surface area contributed by atoms with Crippen LogP contribution in [0.15, 0.2) is 18.2 Å². The van der Waals surface area contributed by atoms with Gasteiger partial charge in [0.1, 0.15) is 6.07 Å². The van der Waals surface area contributed by atoms with Crippen molar-refractivity contribution in [3.05, 3.63) is 29.3 Å². The molecular formula is C14H20N2. The number of nitrogens with one attached hydrogen (secondary N) is 1. The molecule has 1 rings (SSSR count). The average Bonchev–Trinajstić information content (AvgIpc) is 2.30. The van der Waals surface area contributed by atoms with E-state index >= 15 is 0 Å². The SMILES string of the molecule is CCC(C)C(C)Nc1ccc(C)cc1C#N. The molecule has 0 aliphatic heterocycles. The van der Waals surface area contributed by atoms with Crippen molar-refractivity contribution in [1.82, 2.24) is 0 Å². The smallest absolute Gasteiger partial charge is 0.101 e. The van der Waals surface area contributed by atoms with Gasteiger partial charge >= 0.3 is 0 Å². The Balaban J connectivity index is 2.85. The third-order valence-corrected chi connectivity index (χ3v) is 3.18. The summed E-state index contributed by atoms with van der Waals surface area (Å²) in [4.78, 5) is 0. The highest BCUT2D eigenvalue weighted by Gasteiger charge is 2.11. The van der Waals surface area contributed by atoms with E-state index in [1.807, 2.05) is 25.1 Å². The minimum Gasteiger partial charge on any atom is -0.381 e. The van der Waals surface area contributed by atoms with Crippen LogP contribution in [0.3, 0.4) is 0 Å². The Morgan fingerprint density at radius 3 is 2.62 bits per heavy atom. The van der Waals surface area contributed by atoms with Crippen LogP contribution in [0, 0.1) is 24.2 Å². The first-order chi connectivity index (χ1) is 7.58. The van der Waals surface area contributed by atoms with Crippen molar-refractivity contribution in [3.8, 4) is 6.07 Å². The molecule has 2 heteroatoms. The molecule has 0 saturated carbocycles. The van der Waals surface area contributed by atoms with Gasteiger partial charge in [-0.15, -0.1) is 0 Å². The van der Waals surface area contributed by atoms with E-state index in [0.717, 1.165) is 23.2 Å². The van der Waals surface area contributed by atoms with Crippen LogP contribution in [-0.4, -0.2) is 6.04 Å². The summed E-state index contributed by atoms with van der Waals surface area (Å²) in [6, 6.07) is 8.57. The number of nitriles is 1. The highest BCUT2D eigenvalue weighted by atomic mass is 14.9. The van der Waals surface area contributed by atoms with Gasteiger partial charge in [0.25, 0.3) is 0 Å². The Hall–Kier alpha value is -1.49. The molecule has 0 saturated heterocycles. The summed E-state index contributed by atoms with van der Waals surface area (Å²) in [5.74, 6) is 0.604. The number of rotatable bonds is 4. The van der Waals surface area contributed by atoms with Gasteiger partial charge in [0.15, 0.2) is 0 Å². The van der Waals surface area contributed by atoms with Crippen LogP contribution >= 0.6 is 0 Å². The number of benzene rings is 1. The Kier molecular flexibility index (Phi) is 4.37. The topological polar surface area (TPSA) is 35.8 Å². The maximum absolute atomic E-state index is 9.06. The number of hydrogen-bond donors (Lipinski definition) is 1. The van der Waals surface area contributed by atoms with Gasteiger partial charge in [-0.3, -0.25) is 0 Å². The van der Waals surface area contributed by atoms with Crippen LogP contribution < -0.4 is 5.32 Å². The molecule has 0 fully saturated rings. The fourth-order valence-corrected chi connectivity index (χ4v) is 1.62. The molecule has 0 spiro atoms. The Labute approximate surface area is 98.3 Å². The van der Waals surface area contributed by atoms with Gasteiger partial charge in [-0.05, 0) is 37.5 Å². The molecular weight excluding hydrogens is 196 g/mol. The molecule has 1 aromatic carbocycles. The van der Waals surface area contributed by atoms with Crippen LogP contribution in [0.2, 0.25) is 0 Å². The van der Waals surface area contributed by atoms with Crippen LogP contribution in [0.1, 0.15) is 38.3 Å². The van der Waals surface area contributed by atoms with E-state index in [4.69, 9.17) is 5.26 Å². The monoisotopic (exact) mass is 216 g/mol. The second kappa shape index (κ2) is 5.55. The van der Waals surface area contributed by atoms with Gasteiger partial charge in [-0.1, -0.05) is 26.3 Å². The zero-order valence-corrected chi connectivity index (χ0v) is 10.5. The average molecular weight is 216 g/mol. The zero-order chi connectivity index (χ0) is 12.1. The fourth-order valence-electron chi connectivity index (χ4n) is 1.62. The molecule has 0 aliphatic rings. The standard InChI is InChI=1S/C14H20N2/c1-5-11(3)12(4)16-14-7-6-10(2)8-13(14)9-15/h6-8,11-12,16H,5H2,1-4H3. The fraction of sp³-hybridized carbons (Fsp3) is 0.500. The molecule has 1 aromatic rings.